The summed E-state index contributed by atoms with van der Waals surface area (Å²) in [6, 6.07) is 6.18. The zero-order valence-corrected chi connectivity index (χ0v) is 11.1. The quantitative estimate of drug-likeness (QED) is 0.883. The minimum atomic E-state index is -0.300. The van der Waals surface area contributed by atoms with Crippen LogP contribution in [-0.2, 0) is 0 Å². The van der Waals surface area contributed by atoms with E-state index in [4.69, 9.17) is 0 Å². The standard InChI is InChI=1S/C15H19FN2O/c1-2-14-13-8-17-7-11(13)9-18(14)15(19)10-3-5-12(16)6-4-10/h3-6,11,13-14,17H,2,7-9H2,1H3. The van der Waals surface area contributed by atoms with Crippen LogP contribution < -0.4 is 5.32 Å². The number of rotatable bonds is 2. The molecular formula is C15H19FN2O. The van der Waals surface area contributed by atoms with Crippen molar-refractivity contribution in [3.63, 3.8) is 0 Å². The molecule has 2 aliphatic heterocycles. The summed E-state index contributed by atoms with van der Waals surface area (Å²) in [6.45, 7) is 4.98. The summed E-state index contributed by atoms with van der Waals surface area (Å²) in [5.41, 5.74) is 0.591. The van der Waals surface area contributed by atoms with Crippen molar-refractivity contribution in [3.05, 3.63) is 35.6 Å². The highest BCUT2D eigenvalue weighted by atomic mass is 19.1. The Morgan fingerprint density at radius 2 is 2.11 bits per heavy atom. The van der Waals surface area contributed by atoms with E-state index < -0.39 is 0 Å². The molecule has 4 heteroatoms. The first-order valence-corrected chi connectivity index (χ1v) is 6.98. The number of carbonyl (C=O) groups is 1. The van der Waals surface area contributed by atoms with E-state index >= 15 is 0 Å². The Bertz CT molecular complexity index is 474. The minimum Gasteiger partial charge on any atom is -0.335 e. The third-order valence-corrected chi connectivity index (χ3v) is 4.49. The third-order valence-electron chi connectivity index (χ3n) is 4.49. The van der Waals surface area contributed by atoms with Gasteiger partial charge in [-0.3, -0.25) is 4.79 Å². The molecule has 2 fully saturated rings. The molecule has 1 N–H and O–H groups in total. The highest BCUT2D eigenvalue weighted by Crippen LogP contribution is 2.35. The van der Waals surface area contributed by atoms with Gasteiger partial charge in [0.1, 0.15) is 5.82 Å². The molecule has 1 amide bonds. The Morgan fingerprint density at radius 3 is 2.79 bits per heavy atom. The van der Waals surface area contributed by atoms with Crippen LogP contribution in [0.15, 0.2) is 24.3 Å². The van der Waals surface area contributed by atoms with Crippen LogP contribution in [0.3, 0.4) is 0 Å². The van der Waals surface area contributed by atoms with E-state index in [1.807, 2.05) is 4.90 Å². The van der Waals surface area contributed by atoms with E-state index in [1.165, 1.54) is 12.1 Å². The van der Waals surface area contributed by atoms with Crippen LogP contribution in [0.1, 0.15) is 23.7 Å². The smallest absolute Gasteiger partial charge is 0.254 e. The van der Waals surface area contributed by atoms with Crippen LogP contribution in [0, 0.1) is 17.7 Å². The summed E-state index contributed by atoms with van der Waals surface area (Å²) in [7, 11) is 0. The monoisotopic (exact) mass is 262 g/mol. The summed E-state index contributed by atoms with van der Waals surface area (Å²) in [5, 5.41) is 3.41. The first-order chi connectivity index (χ1) is 9.20. The fourth-order valence-corrected chi connectivity index (χ4v) is 3.54. The number of carbonyl (C=O) groups excluding carboxylic acids is 1. The number of fused-ring (bicyclic) bond motifs is 1. The van der Waals surface area contributed by atoms with E-state index in [-0.39, 0.29) is 11.7 Å². The van der Waals surface area contributed by atoms with Gasteiger partial charge in [-0.2, -0.15) is 0 Å². The van der Waals surface area contributed by atoms with Gasteiger partial charge in [-0.05, 0) is 42.5 Å². The predicted molar refractivity (Wildman–Crippen MR) is 71.4 cm³/mol. The lowest BCUT2D eigenvalue weighted by Gasteiger charge is -2.27. The molecule has 0 bridgehead atoms. The fraction of sp³-hybridized carbons (Fsp3) is 0.533. The van der Waals surface area contributed by atoms with Gasteiger partial charge in [0.25, 0.3) is 5.91 Å². The molecule has 3 atom stereocenters. The maximum atomic E-state index is 12.9. The Morgan fingerprint density at radius 1 is 1.37 bits per heavy atom. The average Bonchev–Trinajstić information content (AvgIpc) is 2.98. The SMILES string of the molecule is CCC1C2CNCC2CN1C(=O)c1ccc(F)cc1. The van der Waals surface area contributed by atoms with Crippen LogP contribution in [0.25, 0.3) is 0 Å². The summed E-state index contributed by atoms with van der Waals surface area (Å²) in [4.78, 5) is 14.5. The summed E-state index contributed by atoms with van der Waals surface area (Å²) < 4.78 is 12.9. The third kappa shape index (κ3) is 2.14. The molecular weight excluding hydrogens is 243 g/mol. The molecule has 102 valence electrons. The van der Waals surface area contributed by atoms with Crippen LogP contribution >= 0.6 is 0 Å². The molecule has 0 aliphatic carbocycles. The molecule has 3 nitrogen and oxygen atoms in total. The number of amides is 1. The average molecular weight is 262 g/mol. The Hall–Kier alpha value is -1.42. The van der Waals surface area contributed by atoms with Crippen LogP contribution in [-0.4, -0.2) is 36.5 Å². The van der Waals surface area contributed by atoms with Crippen molar-refractivity contribution in [1.82, 2.24) is 10.2 Å². The topological polar surface area (TPSA) is 32.3 Å². The number of halogens is 1. The van der Waals surface area contributed by atoms with Crippen molar-refractivity contribution < 1.29 is 9.18 Å². The second-order valence-electron chi connectivity index (χ2n) is 5.52. The van der Waals surface area contributed by atoms with Gasteiger partial charge in [0.2, 0.25) is 0 Å². The van der Waals surface area contributed by atoms with E-state index in [0.29, 0.717) is 23.4 Å². The summed E-state index contributed by atoms with van der Waals surface area (Å²) >= 11 is 0. The molecule has 0 aromatic heterocycles. The largest absolute Gasteiger partial charge is 0.335 e. The second-order valence-corrected chi connectivity index (χ2v) is 5.52. The molecule has 0 saturated carbocycles. The zero-order valence-electron chi connectivity index (χ0n) is 11.1. The van der Waals surface area contributed by atoms with Gasteiger partial charge >= 0.3 is 0 Å². The number of benzene rings is 1. The highest BCUT2D eigenvalue weighted by Gasteiger charge is 2.45. The van der Waals surface area contributed by atoms with Crippen molar-refractivity contribution in [2.24, 2.45) is 11.8 Å². The minimum absolute atomic E-state index is 0.0428. The molecule has 0 spiro atoms. The predicted octanol–water partition coefficient (Wildman–Crippen LogP) is 1.90. The first kappa shape index (κ1) is 12.6. The van der Waals surface area contributed by atoms with Crippen molar-refractivity contribution in [2.75, 3.05) is 19.6 Å². The molecule has 2 aliphatic rings. The van der Waals surface area contributed by atoms with Gasteiger partial charge < -0.3 is 10.2 Å². The van der Waals surface area contributed by atoms with Crippen LogP contribution in [0.5, 0.6) is 0 Å². The lowest BCUT2D eigenvalue weighted by Crippen LogP contribution is -2.39. The number of nitrogens with zero attached hydrogens (tertiary/aromatic N) is 1. The van der Waals surface area contributed by atoms with E-state index in [0.717, 1.165) is 26.1 Å². The fourth-order valence-electron chi connectivity index (χ4n) is 3.54. The summed E-state index contributed by atoms with van der Waals surface area (Å²) in [6.07, 6.45) is 0.982. The van der Waals surface area contributed by atoms with Gasteiger partial charge in [-0.25, -0.2) is 4.39 Å². The molecule has 2 heterocycles. The molecule has 19 heavy (non-hydrogen) atoms. The highest BCUT2D eigenvalue weighted by molar-refractivity contribution is 5.94. The molecule has 3 unspecified atom stereocenters. The molecule has 1 aromatic rings. The zero-order chi connectivity index (χ0) is 13.4. The van der Waals surface area contributed by atoms with Gasteiger partial charge in [-0.1, -0.05) is 6.92 Å². The lowest BCUT2D eigenvalue weighted by atomic mass is 9.93. The number of hydrogen-bond acceptors (Lipinski definition) is 2. The molecule has 1 aromatic carbocycles. The number of hydrogen-bond donors (Lipinski definition) is 1. The molecule has 0 radical (unpaired) electrons. The van der Waals surface area contributed by atoms with E-state index in [9.17, 15) is 9.18 Å². The van der Waals surface area contributed by atoms with Crippen molar-refractivity contribution in [3.8, 4) is 0 Å². The number of likely N-dealkylation sites (tertiary alicyclic amines) is 1. The molecule has 2 saturated heterocycles. The Kier molecular flexibility index (Phi) is 3.27. The van der Waals surface area contributed by atoms with Gasteiger partial charge in [0, 0.05) is 31.2 Å². The van der Waals surface area contributed by atoms with Gasteiger partial charge in [-0.15, -0.1) is 0 Å². The Labute approximate surface area is 112 Å². The van der Waals surface area contributed by atoms with Gasteiger partial charge in [0.05, 0.1) is 0 Å². The van der Waals surface area contributed by atoms with Gasteiger partial charge in [0.15, 0.2) is 0 Å². The van der Waals surface area contributed by atoms with Crippen LogP contribution in [0.2, 0.25) is 0 Å². The first-order valence-electron chi connectivity index (χ1n) is 6.98. The normalized spacial score (nSPS) is 29.6. The maximum absolute atomic E-state index is 12.9. The lowest BCUT2D eigenvalue weighted by molar-refractivity contribution is 0.0711. The van der Waals surface area contributed by atoms with Crippen molar-refractivity contribution in [1.29, 1.82) is 0 Å². The summed E-state index contributed by atoms with van der Waals surface area (Å²) in [5.74, 6) is 0.899. The maximum Gasteiger partial charge on any atom is 0.254 e. The van der Waals surface area contributed by atoms with E-state index in [1.54, 1.807) is 12.1 Å². The second kappa shape index (κ2) is 4.93. The Balaban J connectivity index is 1.81. The van der Waals surface area contributed by atoms with E-state index in [2.05, 4.69) is 12.2 Å². The van der Waals surface area contributed by atoms with Crippen LogP contribution in [0.4, 0.5) is 4.39 Å². The molecule has 3 rings (SSSR count). The van der Waals surface area contributed by atoms with Crippen molar-refractivity contribution >= 4 is 5.91 Å². The number of nitrogens with one attached hydrogen (secondary N) is 1. The van der Waals surface area contributed by atoms with Crippen molar-refractivity contribution in [2.45, 2.75) is 19.4 Å².